The molecule has 4 amide bonds. The van der Waals surface area contributed by atoms with Crippen molar-refractivity contribution in [2.24, 2.45) is 5.73 Å². The third-order valence-corrected chi connectivity index (χ3v) is 12.3. The first-order chi connectivity index (χ1) is 26.7. The number of carbonyl (C=O) groups excluding carboxylic acids is 5. The Kier molecular flexibility index (Phi) is 12.6. The number of ketones is 1. The zero-order chi connectivity index (χ0) is 40.1. The van der Waals surface area contributed by atoms with Crippen LogP contribution in [0.3, 0.4) is 0 Å². The number of thiophene rings is 1. The molecular formula is C43H49F2N5O5S. The van der Waals surface area contributed by atoms with Gasteiger partial charge in [0, 0.05) is 48.0 Å². The molecule has 0 bridgehead atoms. The van der Waals surface area contributed by atoms with Crippen molar-refractivity contribution in [2.45, 2.75) is 100 Å². The van der Waals surface area contributed by atoms with Gasteiger partial charge in [0.2, 0.25) is 17.7 Å². The highest BCUT2D eigenvalue weighted by molar-refractivity contribution is 7.20. The molecule has 0 saturated carbocycles. The molecule has 3 aromatic carbocycles. The van der Waals surface area contributed by atoms with Crippen LogP contribution in [0.5, 0.6) is 0 Å². The highest BCUT2D eigenvalue weighted by Gasteiger charge is 2.46. The smallest absolute Gasteiger partial charge is 0.270 e. The van der Waals surface area contributed by atoms with Gasteiger partial charge in [-0.25, -0.2) is 8.78 Å². The molecular weight excluding hydrogens is 737 g/mol. The molecule has 4 aromatic rings. The second kappa shape index (κ2) is 17.4. The van der Waals surface area contributed by atoms with E-state index in [1.807, 2.05) is 74.8 Å². The van der Waals surface area contributed by atoms with Crippen LogP contribution in [0.25, 0.3) is 10.1 Å². The number of nitrogens with zero attached hydrogens (tertiary/aromatic N) is 2. The second-order valence-electron chi connectivity index (χ2n) is 15.3. The van der Waals surface area contributed by atoms with Gasteiger partial charge in [-0.05, 0) is 87.3 Å². The van der Waals surface area contributed by atoms with Crippen LogP contribution < -0.4 is 16.4 Å². The van der Waals surface area contributed by atoms with Gasteiger partial charge in [0.25, 0.3) is 11.8 Å². The first-order valence-corrected chi connectivity index (χ1v) is 19.9. The molecule has 2 aliphatic heterocycles. The minimum Gasteiger partial charge on any atom is -0.370 e. The second-order valence-corrected chi connectivity index (χ2v) is 16.4. The summed E-state index contributed by atoms with van der Waals surface area (Å²) in [5, 5.41) is 6.33. The van der Waals surface area contributed by atoms with Crippen molar-refractivity contribution in [2.75, 3.05) is 14.1 Å². The Morgan fingerprint density at radius 2 is 1.59 bits per heavy atom. The molecule has 0 spiro atoms. The number of rotatable bonds is 14. The first-order valence-electron chi connectivity index (χ1n) is 19.1. The quantitative estimate of drug-likeness (QED) is 0.141. The molecule has 0 radical (unpaired) electrons. The summed E-state index contributed by atoms with van der Waals surface area (Å²) in [6.45, 7) is 0.820. The summed E-state index contributed by atoms with van der Waals surface area (Å²) < 4.78 is 28.7. The van der Waals surface area contributed by atoms with E-state index in [0.717, 1.165) is 29.4 Å². The molecule has 296 valence electrons. The Morgan fingerprint density at radius 1 is 0.929 bits per heavy atom. The number of hydrogen-bond acceptors (Lipinski definition) is 7. The number of benzene rings is 3. The lowest BCUT2D eigenvalue weighted by Gasteiger charge is -2.39. The van der Waals surface area contributed by atoms with Crippen molar-refractivity contribution in [3.8, 4) is 0 Å². The highest BCUT2D eigenvalue weighted by Crippen LogP contribution is 2.35. The summed E-state index contributed by atoms with van der Waals surface area (Å²) in [4.78, 5) is 72.4. The molecule has 0 aliphatic carbocycles. The zero-order valence-electron chi connectivity index (χ0n) is 31.9. The maximum absolute atomic E-state index is 14.5. The Balaban J connectivity index is 1.23. The standard InChI is InChI=1S/C43H49F2N5O5S/c1-43(44,45)29-14-20-37-28(22-29)23-38(56-37)41(54)48-34-17-15-30(49(2)3)24-31-16-19-35(50(31)42(34)55)40(53)47-33(18-21-39(46)52)36(51)25-32(26-10-6-4-7-11-26)27-12-8-5-9-13-27/h4-14,20,22-23,30-35H,15-19,21,24-25H2,1-3H3,(H2,46,52)(H,47,53)(H,48,54)/t30-,31-,33+,34+,35+/m1/s1. The van der Waals surface area contributed by atoms with E-state index in [0.29, 0.717) is 42.2 Å². The fraction of sp³-hybridized carbons (Fsp3) is 0.419. The average molecular weight is 786 g/mol. The third-order valence-electron chi connectivity index (χ3n) is 11.2. The molecule has 2 fully saturated rings. The summed E-state index contributed by atoms with van der Waals surface area (Å²) in [6.07, 6.45) is 2.44. The minimum absolute atomic E-state index is 0.00818. The molecule has 5 atom stereocenters. The van der Waals surface area contributed by atoms with E-state index in [2.05, 4.69) is 15.5 Å². The number of fused-ring (bicyclic) bond motifs is 2. The average Bonchev–Trinajstić information content (AvgIpc) is 3.80. The number of alkyl halides is 2. The van der Waals surface area contributed by atoms with Crippen molar-refractivity contribution in [1.29, 1.82) is 0 Å². The molecule has 3 heterocycles. The maximum Gasteiger partial charge on any atom is 0.270 e. The Bertz CT molecular complexity index is 2010. The molecule has 56 heavy (non-hydrogen) atoms. The minimum atomic E-state index is -3.04. The number of nitrogens with one attached hydrogen (secondary N) is 2. The fourth-order valence-electron chi connectivity index (χ4n) is 8.07. The Morgan fingerprint density at radius 3 is 2.20 bits per heavy atom. The number of Topliss-reactive ketones (excluding diaryl/α,β-unsaturated/α-hetero) is 1. The van der Waals surface area contributed by atoms with E-state index < -0.39 is 41.8 Å². The van der Waals surface area contributed by atoms with Gasteiger partial charge in [0.1, 0.15) is 12.1 Å². The molecule has 4 N–H and O–H groups in total. The van der Waals surface area contributed by atoms with Gasteiger partial charge in [-0.1, -0.05) is 66.7 Å². The summed E-state index contributed by atoms with van der Waals surface area (Å²) in [7, 11) is 3.92. The molecule has 6 rings (SSSR count). The zero-order valence-corrected chi connectivity index (χ0v) is 32.7. The number of carbonyl (C=O) groups is 5. The molecule has 1 aromatic heterocycles. The topological polar surface area (TPSA) is 142 Å². The van der Waals surface area contributed by atoms with Gasteiger partial charge in [-0.2, -0.15) is 0 Å². The lowest BCUT2D eigenvalue weighted by atomic mass is 9.85. The van der Waals surface area contributed by atoms with Gasteiger partial charge < -0.3 is 26.2 Å². The number of hydrogen-bond donors (Lipinski definition) is 3. The van der Waals surface area contributed by atoms with Crippen LogP contribution in [-0.2, 0) is 25.1 Å². The van der Waals surface area contributed by atoms with Crippen LogP contribution in [0.15, 0.2) is 84.9 Å². The predicted octanol–water partition coefficient (Wildman–Crippen LogP) is 6.13. The SMILES string of the molecule is CN(C)[C@@H]1CC[C@H](NC(=O)c2cc3cc(C(C)(F)F)ccc3s2)C(=O)N2[C@H](CC[C@H]2C(=O)N[C@@H](CCC(N)=O)C(=O)CC(c2ccccc2)c2ccccc2)C1. The summed E-state index contributed by atoms with van der Waals surface area (Å²) >= 11 is 1.15. The lowest BCUT2D eigenvalue weighted by molar-refractivity contribution is -0.143. The van der Waals surface area contributed by atoms with Gasteiger partial charge in [0.05, 0.1) is 10.9 Å². The fourth-order valence-corrected chi connectivity index (χ4v) is 9.02. The highest BCUT2D eigenvalue weighted by atomic mass is 32.1. The molecule has 10 nitrogen and oxygen atoms in total. The van der Waals surface area contributed by atoms with E-state index in [1.54, 1.807) is 17.0 Å². The van der Waals surface area contributed by atoms with Crippen molar-refractivity contribution in [1.82, 2.24) is 20.4 Å². The molecule has 13 heteroatoms. The largest absolute Gasteiger partial charge is 0.370 e. The van der Waals surface area contributed by atoms with Crippen molar-refractivity contribution in [3.63, 3.8) is 0 Å². The predicted molar refractivity (Wildman–Crippen MR) is 212 cm³/mol. The van der Waals surface area contributed by atoms with Gasteiger partial charge in [0.15, 0.2) is 5.78 Å². The van der Waals surface area contributed by atoms with Gasteiger partial charge >= 0.3 is 0 Å². The van der Waals surface area contributed by atoms with Gasteiger partial charge in [-0.3, -0.25) is 24.0 Å². The first kappa shape index (κ1) is 40.6. The third kappa shape index (κ3) is 9.50. The van der Waals surface area contributed by atoms with E-state index in [-0.39, 0.29) is 59.4 Å². The number of primary amides is 1. The van der Waals surface area contributed by atoms with Crippen LogP contribution in [0, 0.1) is 0 Å². The Hall–Kier alpha value is -5.01. The van der Waals surface area contributed by atoms with Crippen molar-refractivity contribution >= 4 is 50.8 Å². The monoisotopic (exact) mass is 785 g/mol. The van der Waals surface area contributed by atoms with E-state index >= 15 is 0 Å². The molecule has 2 saturated heterocycles. The van der Waals surface area contributed by atoms with Crippen LogP contribution in [0.2, 0.25) is 0 Å². The summed E-state index contributed by atoms with van der Waals surface area (Å²) in [6, 6.07) is 22.0. The normalized spacial score (nSPS) is 20.7. The number of amides is 4. The van der Waals surface area contributed by atoms with Gasteiger partial charge in [-0.15, -0.1) is 11.3 Å². The molecule has 0 unspecified atom stereocenters. The van der Waals surface area contributed by atoms with E-state index in [1.165, 1.54) is 12.1 Å². The lowest BCUT2D eigenvalue weighted by Crippen LogP contribution is -2.59. The van der Waals surface area contributed by atoms with Crippen molar-refractivity contribution in [3.05, 3.63) is 106 Å². The maximum atomic E-state index is 14.5. The van der Waals surface area contributed by atoms with Crippen LogP contribution in [0.1, 0.15) is 90.6 Å². The molecule has 2 aliphatic rings. The summed E-state index contributed by atoms with van der Waals surface area (Å²) in [5.41, 5.74) is 7.22. The van der Waals surface area contributed by atoms with Crippen LogP contribution >= 0.6 is 11.3 Å². The van der Waals surface area contributed by atoms with Crippen LogP contribution in [0.4, 0.5) is 8.78 Å². The van der Waals surface area contributed by atoms with Crippen molar-refractivity contribution < 1.29 is 32.8 Å². The number of nitrogens with two attached hydrogens (primary N) is 1. The summed E-state index contributed by atoms with van der Waals surface area (Å²) in [5.74, 6) is -5.59. The Labute approximate surface area is 329 Å². The van der Waals surface area contributed by atoms with E-state index in [4.69, 9.17) is 5.73 Å². The number of halogens is 2. The van der Waals surface area contributed by atoms with E-state index in [9.17, 15) is 32.8 Å². The van der Waals surface area contributed by atoms with Crippen LogP contribution in [-0.4, -0.2) is 83.5 Å².